The van der Waals surface area contributed by atoms with Crippen molar-refractivity contribution in [3.63, 3.8) is 0 Å². The quantitative estimate of drug-likeness (QED) is 0.316. The highest BCUT2D eigenvalue weighted by molar-refractivity contribution is 5.80. The predicted molar refractivity (Wildman–Crippen MR) is 97.1 cm³/mol. The van der Waals surface area contributed by atoms with E-state index in [0.717, 1.165) is 5.56 Å². The smallest absolute Gasteiger partial charge is 0.308 e. The summed E-state index contributed by atoms with van der Waals surface area (Å²) < 4.78 is 4.95. The number of ether oxygens (including phenoxy) is 1. The molecule has 3 aromatic rings. The fourth-order valence-electron chi connectivity index (χ4n) is 2.13. The van der Waals surface area contributed by atoms with E-state index in [1.54, 1.807) is 36.4 Å². The zero-order chi connectivity index (χ0) is 18.4. The average molecular weight is 349 g/mol. The van der Waals surface area contributed by atoms with E-state index in [-0.39, 0.29) is 23.2 Å². The molecule has 0 atom stereocenters. The van der Waals surface area contributed by atoms with Gasteiger partial charge in [0.05, 0.1) is 6.21 Å². The molecule has 0 saturated carbocycles. The van der Waals surface area contributed by atoms with Crippen molar-refractivity contribution in [1.29, 1.82) is 0 Å². The van der Waals surface area contributed by atoms with Gasteiger partial charge in [-0.25, -0.2) is 5.43 Å². The number of aromatic amines is 1. The van der Waals surface area contributed by atoms with Crippen molar-refractivity contribution in [2.24, 2.45) is 5.10 Å². The van der Waals surface area contributed by atoms with Gasteiger partial charge in [0, 0.05) is 12.5 Å². The Hall–Kier alpha value is -3.81. The van der Waals surface area contributed by atoms with E-state index in [4.69, 9.17) is 4.74 Å². The summed E-state index contributed by atoms with van der Waals surface area (Å²) >= 11 is 0. The van der Waals surface area contributed by atoms with Crippen molar-refractivity contribution in [2.75, 3.05) is 5.43 Å². The minimum Gasteiger partial charge on any atom is -0.427 e. The molecule has 2 N–H and O–H groups in total. The molecule has 0 spiro atoms. The molecule has 0 bridgehead atoms. The number of carbonyl (C=O) groups excluding carboxylic acids is 1. The Balaban J connectivity index is 1.66. The van der Waals surface area contributed by atoms with Gasteiger partial charge in [-0.1, -0.05) is 30.3 Å². The predicted octanol–water partition coefficient (Wildman–Crippen LogP) is 2.20. The molecule has 0 amide bonds. The van der Waals surface area contributed by atoms with Gasteiger partial charge in [0.2, 0.25) is 5.95 Å². The van der Waals surface area contributed by atoms with Crippen LogP contribution >= 0.6 is 0 Å². The van der Waals surface area contributed by atoms with Crippen LogP contribution in [0.5, 0.6) is 5.75 Å². The normalized spacial score (nSPS) is 10.7. The summed E-state index contributed by atoms with van der Waals surface area (Å²) in [5.41, 5.74) is 3.94. The lowest BCUT2D eigenvalue weighted by Crippen LogP contribution is -2.15. The lowest BCUT2D eigenvalue weighted by atomic mass is 10.2. The molecule has 0 aliphatic rings. The zero-order valence-electron chi connectivity index (χ0n) is 13.8. The van der Waals surface area contributed by atoms with Gasteiger partial charge < -0.3 is 4.74 Å². The zero-order valence-corrected chi connectivity index (χ0v) is 13.8. The topological polar surface area (TPSA) is 109 Å². The van der Waals surface area contributed by atoms with Gasteiger partial charge in [0.1, 0.15) is 5.75 Å². The first-order chi connectivity index (χ1) is 12.6. The monoisotopic (exact) mass is 349 g/mol. The number of hydrazone groups is 1. The Morgan fingerprint density at radius 3 is 2.50 bits per heavy atom. The molecule has 3 rings (SSSR count). The molecule has 0 aliphatic carbocycles. The van der Waals surface area contributed by atoms with Crippen LogP contribution < -0.4 is 15.7 Å². The standard InChI is InChI=1S/C18H15N5O3/c1-12(24)26-15-9-7-13(8-10-15)11-19-22-18-20-17(25)16(21-23-18)14-5-3-2-4-6-14/h2-11H,1H3,(H2,20,22,23,25)/b19-11+. The van der Waals surface area contributed by atoms with E-state index in [1.165, 1.54) is 13.1 Å². The number of benzene rings is 2. The number of carbonyl (C=O) groups is 1. The number of aromatic nitrogens is 3. The summed E-state index contributed by atoms with van der Waals surface area (Å²) in [5.74, 6) is 0.200. The van der Waals surface area contributed by atoms with Gasteiger partial charge in [-0.05, 0) is 29.8 Å². The third kappa shape index (κ3) is 4.38. The summed E-state index contributed by atoms with van der Waals surface area (Å²) in [7, 11) is 0. The summed E-state index contributed by atoms with van der Waals surface area (Å²) in [6.07, 6.45) is 1.53. The first kappa shape index (κ1) is 17.0. The minimum absolute atomic E-state index is 0.127. The number of nitrogens with zero attached hydrogens (tertiary/aromatic N) is 3. The van der Waals surface area contributed by atoms with E-state index >= 15 is 0 Å². The molecule has 2 aromatic carbocycles. The molecule has 0 aliphatic heterocycles. The molecule has 8 heteroatoms. The van der Waals surface area contributed by atoms with Crippen LogP contribution in [0.3, 0.4) is 0 Å². The number of hydrogen-bond donors (Lipinski definition) is 2. The second-order valence-corrected chi connectivity index (χ2v) is 5.25. The Bertz CT molecular complexity index is 982. The first-order valence-corrected chi connectivity index (χ1v) is 7.72. The van der Waals surface area contributed by atoms with E-state index in [1.807, 2.05) is 18.2 Å². The lowest BCUT2D eigenvalue weighted by molar-refractivity contribution is -0.131. The number of hydrogen-bond acceptors (Lipinski definition) is 7. The number of H-pyrrole nitrogens is 1. The third-order valence-electron chi connectivity index (χ3n) is 3.27. The number of anilines is 1. The third-order valence-corrected chi connectivity index (χ3v) is 3.27. The van der Waals surface area contributed by atoms with Crippen LogP contribution in [0.25, 0.3) is 11.3 Å². The highest BCUT2D eigenvalue weighted by Crippen LogP contribution is 2.12. The summed E-state index contributed by atoms with van der Waals surface area (Å²) in [4.78, 5) is 25.6. The molecule has 1 heterocycles. The summed E-state index contributed by atoms with van der Waals surface area (Å²) in [5, 5.41) is 11.8. The molecule has 0 radical (unpaired) electrons. The summed E-state index contributed by atoms with van der Waals surface area (Å²) in [6, 6.07) is 15.8. The van der Waals surface area contributed by atoms with Gasteiger partial charge in [-0.2, -0.15) is 5.10 Å². The molecular weight excluding hydrogens is 334 g/mol. The molecule has 0 saturated heterocycles. The van der Waals surface area contributed by atoms with Crippen LogP contribution in [0, 0.1) is 0 Å². The maximum atomic E-state index is 12.1. The van der Waals surface area contributed by atoms with Crippen molar-refractivity contribution in [2.45, 2.75) is 6.92 Å². The van der Waals surface area contributed by atoms with Crippen LogP contribution in [-0.2, 0) is 4.79 Å². The van der Waals surface area contributed by atoms with Crippen molar-refractivity contribution in [3.05, 3.63) is 70.5 Å². The maximum Gasteiger partial charge on any atom is 0.308 e. The average Bonchev–Trinajstić information content (AvgIpc) is 2.64. The van der Waals surface area contributed by atoms with E-state index in [2.05, 4.69) is 25.7 Å². The van der Waals surface area contributed by atoms with E-state index < -0.39 is 0 Å². The summed E-state index contributed by atoms with van der Waals surface area (Å²) in [6.45, 7) is 1.34. The maximum absolute atomic E-state index is 12.1. The molecule has 0 unspecified atom stereocenters. The Morgan fingerprint density at radius 2 is 1.85 bits per heavy atom. The highest BCUT2D eigenvalue weighted by atomic mass is 16.5. The molecule has 8 nitrogen and oxygen atoms in total. The van der Waals surface area contributed by atoms with Gasteiger partial charge in [0.25, 0.3) is 5.56 Å². The van der Waals surface area contributed by atoms with Gasteiger partial charge >= 0.3 is 5.97 Å². The van der Waals surface area contributed by atoms with E-state index in [9.17, 15) is 9.59 Å². The Kier molecular flexibility index (Phi) is 5.14. The number of esters is 1. The Morgan fingerprint density at radius 1 is 1.12 bits per heavy atom. The van der Waals surface area contributed by atoms with Gasteiger partial charge in [-0.3, -0.25) is 14.6 Å². The van der Waals surface area contributed by atoms with Crippen molar-refractivity contribution < 1.29 is 9.53 Å². The SMILES string of the molecule is CC(=O)Oc1ccc(/C=N/Nc2nnc(-c3ccccc3)c(=O)[nH]2)cc1. The van der Waals surface area contributed by atoms with Crippen molar-refractivity contribution in [1.82, 2.24) is 15.2 Å². The van der Waals surface area contributed by atoms with Crippen LogP contribution in [-0.4, -0.2) is 27.4 Å². The largest absolute Gasteiger partial charge is 0.427 e. The van der Waals surface area contributed by atoms with Crippen molar-refractivity contribution in [3.8, 4) is 17.0 Å². The van der Waals surface area contributed by atoms with Crippen LogP contribution in [0.2, 0.25) is 0 Å². The number of nitrogens with one attached hydrogen (secondary N) is 2. The highest BCUT2D eigenvalue weighted by Gasteiger charge is 2.06. The fraction of sp³-hybridized carbons (Fsp3) is 0.0556. The van der Waals surface area contributed by atoms with Crippen molar-refractivity contribution >= 4 is 18.1 Å². The van der Waals surface area contributed by atoms with Gasteiger partial charge in [-0.15, -0.1) is 10.2 Å². The molecule has 0 fully saturated rings. The second-order valence-electron chi connectivity index (χ2n) is 5.25. The Labute approximate surface area is 148 Å². The number of rotatable bonds is 5. The minimum atomic E-state index is -0.380. The fourth-order valence-corrected chi connectivity index (χ4v) is 2.13. The van der Waals surface area contributed by atoms with Crippen LogP contribution in [0.15, 0.2) is 64.5 Å². The first-order valence-electron chi connectivity index (χ1n) is 7.72. The molecule has 130 valence electrons. The molecule has 26 heavy (non-hydrogen) atoms. The van der Waals surface area contributed by atoms with Gasteiger partial charge in [0.15, 0.2) is 5.69 Å². The molecule has 1 aromatic heterocycles. The molecular formula is C18H15N5O3. The van der Waals surface area contributed by atoms with Crippen LogP contribution in [0.4, 0.5) is 5.95 Å². The van der Waals surface area contributed by atoms with E-state index in [0.29, 0.717) is 11.3 Å². The second kappa shape index (κ2) is 7.84. The van der Waals surface area contributed by atoms with Crippen LogP contribution in [0.1, 0.15) is 12.5 Å². The lowest BCUT2D eigenvalue weighted by Gasteiger charge is -2.02.